The standard InChI is InChI=1S/C29H35N5O/c1-20(2)21-10-12-22(13-11-21)30-27-26-24(18-29(3,4)19-25(26)35)31-28(32-27)34-16-14-33(15-17-34)23-8-6-5-7-9-23/h5-13,20H,14-19H2,1-4H3,(H,30,31,32). The summed E-state index contributed by atoms with van der Waals surface area (Å²) in [6.45, 7) is 12.2. The van der Waals surface area contributed by atoms with Gasteiger partial charge in [0.1, 0.15) is 5.82 Å². The second-order valence-corrected chi connectivity index (χ2v) is 10.8. The molecule has 1 N–H and O–H groups in total. The van der Waals surface area contributed by atoms with Crippen molar-refractivity contribution in [3.8, 4) is 0 Å². The highest BCUT2D eigenvalue weighted by Crippen LogP contribution is 2.38. The van der Waals surface area contributed by atoms with Crippen molar-refractivity contribution >= 4 is 28.9 Å². The number of nitrogens with one attached hydrogen (secondary N) is 1. The van der Waals surface area contributed by atoms with E-state index in [1.165, 1.54) is 11.3 Å². The fourth-order valence-electron chi connectivity index (χ4n) is 5.08. The molecular weight excluding hydrogens is 434 g/mol. The molecule has 1 aliphatic heterocycles. The number of nitrogens with zero attached hydrogens (tertiary/aromatic N) is 4. The third-order valence-corrected chi connectivity index (χ3v) is 7.06. The summed E-state index contributed by atoms with van der Waals surface area (Å²) in [5.41, 5.74) is 4.89. The number of hydrogen-bond acceptors (Lipinski definition) is 6. The molecule has 0 spiro atoms. The highest BCUT2D eigenvalue weighted by Gasteiger charge is 2.35. The van der Waals surface area contributed by atoms with E-state index in [0.29, 0.717) is 29.7 Å². The van der Waals surface area contributed by atoms with Gasteiger partial charge in [-0.1, -0.05) is 58.0 Å². The zero-order chi connectivity index (χ0) is 24.6. The Labute approximate surface area is 208 Å². The molecule has 6 heteroatoms. The lowest BCUT2D eigenvalue weighted by molar-refractivity contribution is 0.0911. The maximum Gasteiger partial charge on any atom is 0.227 e. The van der Waals surface area contributed by atoms with Crippen molar-refractivity contribution in [3.63, 3.8) is 0 Å². The van der Waals surface area contributed by atoms with Crippen molar-refractivity contribution < 1.29 is 4.79 Å². The fourth-order valence-corrected chi connectivity index (χ4v) is 5.08. The van der Waals surface area contributed by atoms with Gasteiger partial charge < -0.3 is 15.1 Å². The first-order valence-electron chi connectivity index (χ1n) is 12.7. The van der Waals surface area contributed by atoms with E-state index in [1.54, 1.807) is 0 Å². The Morgan fingerprint density at radius 1 is 0.857 bits per heavy atom. The highest BCUT2D eigenvalue weighted by molar-refractivity contribution is 6.03. The molecule has 3 aromatic rings. The summed E-state index contributed by atoms with van der Waals surface area (Å²) < 4.78 is 0. The Balaban J connectivity index is 1.44. The van der Waals surface area contributed by atoms with E-state index in [4.69, 9.17) is 9.97 Å². The van der Waals surface area contributed by atoms with Gasteiger partial charge in [-0.3, -0.25) is 4.79 Å². The predicted octanol–water partition coefficient (Wildman–Crippen LogP) is 5.83. The number of fused-ring (bicyclic) bond motifs is 1. The smallest absolute Gasteiger partial charge is 0.227 e. The lowest BCUT2D eigenvalue weighted by Crippen LogP contribution is -2.47. The number of ketones is 1. The van der Waals surface area contributed by atoms with Crippen LogP contribution in [0.1, 0.15) is 61.6 Å². The van der Waals surface area contributed by atoms with Gasteiger partial charge >= 0.3 is 0 Å². The van der Waals surface area contributed by atoms with E-state index in [2.05, 4.69) is 91.3 Å². The Bertz CT molecular complexity index is 1200. The molecule has 182 valence electrons. The van der Waals surface area contributed by atoms with Crippen molar-refractivity contribution in [3.05, 3.63) is 71.4 Å². The summed E-state index contributed by atoms with van der Waals surface area (Å²) in [5, 5.41) is 3.46. The van der Waals surface area contributed by atoms with Gasteiger partial charge in [0, 0.05) is 44.0 Å². The second-order valence-electron chi connectivity index (χ2n) is 10.8. The highest BCUT2D eigenvalue weighted by atomic mass is 16.1. The van der Waals surface area contributed by atoms with Gasteiger partial charge in [-0.05, 0) is 47.6 Å². The first kappa shape index (κ1) is 23.3. The first-order chi connectivity index (χ1) is 16.8. The molecule has 35 heavy (non-hydrogen) atoms. The number of hydrogen-bond donors (Lipinski definition) is 1. The molecule has 1 aliphatic carbocycles. The number of benzene rings is 2. The van der Waals surface area contributed by atoms with Crippen molar-refractivity contribution in [2.75, 3.05) is 41.3 Å². The van der Waals surface area contributed by atoms with Gasteiger partial charge in [-0.15, -0.1) is 0 Å². The lowest BCUT2D eigenvalue weighted by atomic mass is 9.75. The number of piperazine rings is 1. The molecule has 2 aromatic carbocycles. The van der Waals surface area contributed by atoms with Gasteiger partial charge in [0.2, 0.25) is 5.95 Å². The van der Waals surface area contributed by atoms with Gasteiger partial charge in [0.15, 0.2) is 5.78 Å². The number of para-hydroxylation sites is 1. The third-order valence-electron chi connectivity index (χ3n) is 7.06. The van der Waals surface area contributed by atoms with Crippen molar-refractivity contribution in [1.82, 2.24) is 9.97 Å². The van der Waals surface area contributed by atoms with Crippen LogP contribution < -0.4 is 15.1 Å². The van der Waals surface area contributed by atoms with Crippen LogP contribution in [0.5, 0.6) is 0 Å². The minimum absolute atomic E-state index is 0.0993. The summed E-state index contributed by atoms with van der Waals surface area (Å²) in [4.78, 5) is 27.7. The van der Waals surface area contributed by atoms with Gasteiger partial charge in [0.25, 0.3) is 0 Å². The van der Waals surface area contributed by atoms with Crippen molar-refractivity contribution in [1.29, 1.82) is 0 Å². The molecule has 6 nitrogen and oxygen atoms in total. The summed E-state index contributed by atoms with van der Waals surface area (Å²) in [5.74, 6) is 1.94. The van der Waals surface area contributed by atoms with Gasteiger partial charge in [-0.2, -0.15) is 4.98 Å². The number of anilines is 4. The van der Waals surface area contributed by atoms with Crippen LogP contribution in [0.2, 0.25) is 0 Å². The molecule has 2 heterocycles. The van der Waals surface area contributed by atoms with Crippen molar-refractivity contribution in [2.45, 2.75) is 46.5 Å². The summed E-state index contributed by atoms with van der Waals surface area (Å²) >= 11 is 0. The van der Waals surface area contributed by atoms with Crippen LogP contribution in [0.4, 0.5) is 23.1 Å². The van der Waals surface area contributed by atoms with E-state index in [0.717, 1.165) is 44.0 Å². The number of carbonyl (C=O) groups is 1. The van der Waals surface area contributed by atoms with E-state index in [9.17, 15) is 4.79 Å². The summed E-state index contributed by atoms with van der Waals surface area (Å²) in [6.07, 6.45) is 1.29. The quantitative estimate of drug-likeness (QED) is 0.508. The first-order valence-corrected chi connectivity index (χ1v) is 12.7. The average molecular weight is 470 g/mol. The van der Waals surface area contributed by atoms with Gasteiger partial charge in [-0.25, -0.2) is 4.98 Å². The SMILES string of the molecule is CC(C)c1ccc(Nc2nc(N3CCN(c4ccccc4)CC3)nc3c2C(=O)CC(C)(C)C3)cc1. The number of rotatable bonds is 5. The zero-order valence-corrected chi connectivity index (χ0v) is 21.2. The molecule has 0 bridgehead atoms. The Hall–Kier alpha value is -3.41. The maximum atomic E-state index is 13.2. The Morgan fingerprint density at radius 2 is 1.51 bits per heavy atom. The third kappa shape index (κ3) is 5.02. The topological polar surface area (TPSA) is 61.4 Å². The Kier molecular flexibility index (Phi) is 6.22. The number of aromatic nitrogens is 2. The molecule has 1 fully saturated rings. The zero-order valence-electron chi connectivity index (χ0n) is 21.2. The van der Waals surface area contributed by atoms with Crippen LogP contribution >= 0.6 is 0 Å². The van der Waals surface area contributed by atoms with Crippen LogP contribution in [0.3, 0.4) is 0 Å². The molecule has 0 saturated carbocycles. The van der Waals surface area contributed by atoms with E-state index in [-0.39, 0.29) is 11.2 Å². The molecule has 2 aliphatic rings. The molecule has 0 radical (unpaired) electrons. The molecule has 1 aromatic heterocycles. The van der Waals surface area contributed by atoms with Crippen LogP contribution in [-0.4, -0.2) is 41.9 Å². The number of Topliss-reactive ketones (excluding diaryl/α,β-unsaturated/α-hetero) is 1. The molecule has 1 saturated heterocycles. The molecule has 0 atom stereocenters. The molecule has 0 unspecified atom stereocenters. The minimum atomic E-state index is -0.0993. The fraction of sp³-hybridized carbons (Fsp3) is 0.414. The lowest BCUT2D eigenvalue weighted by Gasteiger charge is -2.37. The van der Waals surface area contributed by atoms with Crippen LogP contribution in [0.25, 0.3) is 0 Å². The molecular formula is C29H35N5O. The predicted molar refractivity (Wildman–Crippen MR) is 143 cm³/mol. The Morgan fingerprint density at radius 3 is 2.17 bits per heavy atom. The van der Waals surface area contributed by atoms with E-state index < -0.39 is 0 Å². The molecule has 5 rings (SSSR count). The monoisotopic (exact) mass is 469 g/mol. The van der Waals surface area contributed by atoms with Gasteiger partial charge in [0.05, 0.1) is 11.3 Å². The number of carbonyl (C=O) groups excluding carboxylic acids is 1. The maximum absolute atomic E-state index is 13.2. The largest absolute Gasteiger partial charge is 0.368 e. The average Bonchev–Trinajstić information content (AvgIpc) is 2.84. The minimum Gasteiger partial charge on any atom is -0.368 e. The molecule has 0 amide bonds. The summed E-state index contributed by atoms with van der Waals surface area (Å²) in [6, 6.07) is 18.9. The van der Waals surface area contributed by atoms with Crippen LogP contribution in [0.15, 0.2) is 54.6 Å². The summed E-state index contributed by atoms with van der Waals surface area (Å²) in [7, 11) is 0. The van der Waals surface area contributed by atoms with Crippen LogP contribution in [-0.2, 0) is 6.42 Å². The van der Waals surface area contributed by atoms with Crippen molar-refractivity contribution in [2.24, 2.45) is 5.41 Å². The van der Waals surface area contributed by atoms with E-state index in [1.807, 2.05) is 6.07 Å². The normalized spacial score (nSPS) is 17.5. The van der Waals surface area contributed by atoms with Crippen LogP contribution in [0, 0.1) is 5.41 Å². The van der Waals surface area contributed by atoms with E-state index >= 15 is 0 Å². The second kappa shape index (κ2) is 9.33.